The summed E-state index contributed by atoms with van der Waals surface area (Å²) in [4.78, 5) is 17.3. The number of nitrogens with zero attached hydrogens (tertiary/aromatic N) is 1. The van der Waals surface area contributed by atoms with E-state index in [1.807, 2.05) is 37.3 Å². The second-order valence-electron chi connectivity index (χ2n) is 7.26. The van der Waals surface area contributed by atoms with Crippen molar-refractivity contribution < 1.29 is 9.90 Å². The predicted octanol–water partition coefficient (Wildman–Crippen LogP) is 4.67. The van der Waals surface area contributed by atoms with Gasteiger partial charge in [0.1, 0.15) is 5.76 Å². The van der Waals surface area contributed by atoms with Gasteiger partial charge < -0.3 is 5.11 Å². The molecule has 0 aromatic heterocycles. The van der Waals surface area contributed by atoms with Crippen molar-refractivity contribution in [2.45, 2.75) is 59.4 Å². The zero-order valence-electron chi connectivity index (χ0n) is 14.6. The van der Waals surface area contributed by atoms with Gasteiger partial charge in [-0.15, -0.1) is 0 Å². The molecule has 0 heterocycles. The van der Waals surface area contributed by atoms with E-state index in [0.29, 0.717) is 18.4 Å². The molecule has 1 aromatic rings. The molecule has 0 amide bonds. The van der Waals surface area contributed by atoms with Crippen molar-refractivity contribution in [2.75, 3.05) is 0 Å². The summed E-state index contributed by atoms with van der Waals surface area (Å²) in [5, 5.41) is 10.6. The fourth-order valence-electron chi connectivity index (χ4n) is 2.96. The molecule has 1 aliphatic carbocycles. The van der Waals surface area contributed by atoms with Crippen molar-refractivity contribution in [1.82, 2.24) is 0 Å². The summed E-state index contributed by atoms with van der Waals surface area (Å²) in [6.07, 6.45) is 2.49. The molecule has 1 unspecified atom stereocenters. The van der Waals surface area contributed by atoms with Crippen LogP contribution in [0.1, 0.15) is 52.5 Å². The van der Waals surface area contributed by atoms with E-state index < -0.39 is 0 Å². The zero-order chi connectivity index (χ0) is 17.0. The maximum Gasteiger partial charge on any atom is 0.168 e. The molecule has 3 heteroatoms. The summed E-state index contributed by atoms with van der Waals surface area (Å²) in [7, 11) is 0. The third kappa shape index (κ3) is 4.54. The van der Waals surface area contributed by atoms with Gasteiger partial charge in [-0.05, 0) is 30.7 Å². The lowest BCUT2D eigenvalue weighted by molar-refractivity contribution is -0.117. The first-order chi connectivity index (χ1) is 10.8. The van der Waals surface area contributed by atoms with Gasteiger partial charge in [-0.3, -0.25) is 9.79 Å². The summed E-state index contributed by atoms with van der Waals surface area (Å²) in [5.74, 6) is 0.162. The van der Waals surface area contributed by atoms with Crippen LogP contribution in [0.2, 0.25) is 0 Å². The fraction of sp³-hybridized carbons (Fsp3) is 0.500. The number of carbonyl (C=O) groups is 1. The quantitative estimate of drug-likeness (QED) is 0.648. The van der Waals surface area contributed by atoms with Crippen LogP contribution in [0.3, 0.4) is 0 Å². The number of rotatable bonds is 4. The summed E-state index contributed by atoms with van der Waals surface area (Å²) in [6, 6.07) is 9.89. The summed E-state index contributed by atoms with van der Waals surface area (Å²) in [6.45, 7) is 8.30. The lowest BCUT2D eigenvalue weighted by Gasteiger charge is -2.32. The molecule has 1 aromatic carbocycles. The van der Waals surface area contributed by atoms with Crippen LogP contribution in [-0.2, 0) is 11.2 Å². The van der Waals surface area contributed by atoms with Crippen LogP contribution in [-0.4, -0.2) is 22.6 Å². The minimum absolute atomic E-state index is 0.0109. The third-order valence-corrected chi connectivity index (χ3v) is 4.32. The van der Waals surface area contributed by atoms with Crippen molar-refractivity contribution in [3.8, 4) is 0 Å². The molecule has 1 atom stereocenters. The summed E-state index contributed by atoms with van der Waals surface area (Å²) < 4.78 is 0. The highest BCUT2D eigenvalue weighted by atomic mass is 16.3. The number of carbonyl (C=O) groups excluding carboxylic acids is 1. The molecule has 23 heavy (non-hydrogen) atoms. The number of ketones is 1. The van der Waals surface area contributed by atoms with Gasteiger partial charge in [-0.2, -0.15) is 0 Å². The molecule has 0 spiro atoms. The van der Waals surface area contributed by atoms with Crippen LogP contribution in [0.15, 0.2) is 46.7 Å². The van der Waals surface area contributed by atoms with Gasteiger partial charge in [0.15, 0.2) is 5.78 Å². The Hall–Kier alpha value is -1.90. The van der Waals surface area contributed by atoms with Crippen LogP contribution < -0.4 is 0 Å². The highest BCUT2D eigenvalue weighted by Crippen LogP contribution is 2.36. The van der Waals surface area contributed by atoms with E-state index in [0.717, 1.165) is 24.1 Å². The Bertz CT molecular complexity index is 626. The molecule has 2 rings (SSSR count). The van der Waals surface area contributed by atoms with E-state index >= 15 is 0 Å². The average molecular weight is 313 g/mol. The molecule has 1 aliphatic rings. The first-order valence-corrected chi connectivity index (χ1v) is 8.38. The van der Waals surface area contributed by atoms with Crippen molar-refractivity contribution in [2.24, 2.45) is 10.4 Å². The van der Waals surface area contributed by atoms with E-state index in [9.17, 15) is 9.90 Å². The standard InChI is InChI=1S/C20H27NO2/c1-5-14(2)21-16-12-20(3,4)13-18(23)19(16)17(22)11-15-9-7-6-8-10-15/h6-10,14,22H,5,11-13H2,1-4H3/b19-17-,21-16?. The van der Waals surface area contributed by atoms with E-state index in [1.165, 1.54) is 0 Å². The zero-order valence-corrected chi connectivity index (χ0v) is 14.6. The van der Waals surface area contributed by atoms with Crippen molar-refractivity contribution in [3.05, 3.63) is 47.2 Å². The second kappa shape index (κ2) is 7.12. The first kappa shape index (κ1) is 17.5. The van der Waals surface area contributed by atoms with Crippen molar-refractivity contribution >= 4 is 11.5 Å². The van der Waals surface area contributed by atoms with E-state index in [1.54, 1.807) is 0 Å². The molecule has 0 radical (unpaired) electrons. The SMILES string of the molecule is CCC(C)N=C1CC(C)(C)CC(=O)/C1=C(\O)Cc1ccccc1. The number of Topliss-reactive ketones (excluding diaryl/α,β-unsaturated/α-hetero) is 1. The van der Waals surface area contributed by atoms with Crippen molar-refractivity contribution in [1.29, 1.82) is 0 Å². The van der Waals surface area contributed by atoms with E-state index in [2.05, 4.69) is 20.8 Å². The Morgan fingerprint density at radius 2 is 1.91 bits per heavy atom. The first-order valence-electron chi connectivity index (χ1n) is 8.38. The Balaban J connectivity index is 2.40. The van der Waals surface area contributed by atoms with Crippen LogP contribution in [0.5, 0.6) is 0 Å². The van der Waals surface area contributed by atoms with Gasteiger partial charge in [-0.1, -0.05) is 51.1 Å². The minimum Gasteiger partial charge on any atom is -0.511 e. The van der Waals surface area contributed by atoms with Crippen LogP contribution in [0, 0.1) is 5.41 Å². The van der Waals surface area contributed by atoms with Gasteiger partial charge in [0.25, 0.3) is 0 Å². The molecule has 0 bridgehead atoms. The molecular weight excluding hydrogens is 286 g/mol. The normalized spacial score (nSPS) is 23.0. The van der Waals surface area contributed by atoms with Crippen LogP contribution in [0.25, 0.3) is 0 Å². The van der Waals surface area contributed by atoms with Gasteiger partial charge in [0, 0.05) is 24.6 Å². The topological polar surface area (TPSA) is 49.7 Å². The maximum absolute atomic E-state index is 12.6. The molecular formula is C20H27NO2. The average Bonchev–Trinajstić information content (AvgIpc) is 2.46. The largest absolute Gasteiger partial charge is 0.511 e. The van der Waals surface area contributed by atoms with Gasteiger partial charge >= 0.3 is 0 Å². The molecule has 1 fully saturated rings. The Morgan fingerprint density at radius 3 is 2.52 bits per heavy atom. The Labute approximate surface area is 139 Å². The third-order valence-electron chi connectivity index (χ3n) is 4.32. The monoisotopic (exact) mass is 313 g/mol. The maximum atomic E-state index is 12.6. The van der Waals surface area contributed by atoms with Gasteiger partial charge in [0.05, 0.1) is 5.57 Å². The van der Waals surface area contributed by atoms with E-state index in [-0.39, 0.29) is 23.0 Å². The van der Waals surface area contributed by atoms with Gasteiger partial charge in [-0.25, -0.2) is 0 Å². The minimum atomic E-state index is -0.0973. The Morgan fingerprint density at radius 1 is 1.26 bits per heavy atom. The lowest BCUT2D eigenvalue weighted by Crippen LogP contribution is -2.33. The number of aliphatic imine (C=N–C) groups is 1. The smallest absolute Gasteiger partial charge is 0.168 e. The van der Waals surface area contributed by atoms with Gasteiger partial charge in [0.2, 0.25) is 0 Å². The highest BCUT2D eigenvalue weighted by molar-refractivity contribution is 6.24. The summed E-state index contributed by atoms with van der Waals surface area (Å²) >= 11 is 0. The molecule has 1 saturated carbocycles. The fourth-order valence-corrected chi connectivity index (χ4v) is 2.96. The number of hydrogen-bond donors (Lipinski definition) is 1. The predicted molar refractivity (Wildman–Crippen MR) is 95.0 cm³/mol. The molecule has 124 valence electrons. The van der Waals surface area contributed by atoms with Crippen LogP contribution in [0.4, 0.5) is 0 Å². The summed E-state index contributed by atoms with van der Waals surface area (Å²) in [5.41, 5.74) is 2.13. The Kier molecular flexibility index (Phi) is 5.40. The number of allylic oxidation sites excluding steroid dienone is 2. The molecule has 1 N–H and O–H groups in total. The molecule has 0 saturated heterocycles. The number of aliphatic hydroxyl groups is 1. The second-order valence-corrected chi connectivity index (χ2v) is 7.26. The van der Waals surface area contributed by atoms with Crippen LogP contribution >= 0.6 is 0 Å². The number of hydrogen-bond acceptors (Lipinski definition) is 3. The molecule has 0 aliphatic heterocycles. The molecule has 3 nitrogen and oxygen atoms in total. The number of benzene rings is 1. The number of aliphatic hydroxyl groups excluding tert-OH is 1. The van der Waals surface area contributed by atoms with E-state index in [4.69, 9.17) is 4.99 Å². The van der Waals surface area contributed by atoms with Crippen molar-refractivity contribution in [3.63, 3.8) is 0 Å². The highest BCUT2D eigenvalue weighted by Gasteiger charge is 2.36. The lowest BCUT2D eigenvalue weighted by atomic mass is 9.73.